The fraction of sp³-hybridized carbons (Fsp3) is 0.278. The van der Waals surface area contributed by atoms with Crippen molar-refractivity contribution in [3.05, 3.63) is 58.1 Å². The summed E-state index contributed by atoms with van der Waals surface area (Å²) < 4.78 is 5.76. The first-order valence-corrected chi connectivity index (χ1v) is 8.25. The number of amides is 1. The van der Waals surface area contributed by atoms with Crippen LogP contribution >= 0.6 is 23.2 Å². The Morgan fingerprint density at radius 1 is 1.26 bits per heavy atom. The molecule has 3 nitrogen and oxygen atoms in total. The molecule has 3 rings (SSSR count). The molecule has 1 heterocycles. The number of carbonyl (C=O) groups excluding carboxylic acids is 1. The van der Waals surface area contributed by atoms with E-state index in [0.29, 0.717) is 15.8 Å². The second kappa shape index (κ2) is 6.42. The number of fused-ring (bicyclic) bond motifs is 1. The van der Waals surface area contributed by atoms with Gasteiger partial charge < -0.3 is 9.64 Å². The maximum atomic E-state index is 12.8. The van der Waals surface area contributed by atoms with E-state index in [1.54, 1.807) is 30.0 Å². The predicted octanol–water partition coefficient (Wildman–Crippen LogP) is 4.74. The Morgan fingerprint density at radius 3 is 2.78 bits per heavy atom. The van der Waals surface area contributed by atoms with Crippen LogP contribution in [0.2, 0.25) is 10.0 Å². The smallest absolute Gasteiger partial charge is 0.268 e. The van der Waals surface area contributed by atoms with Gasteiger partial charge in [-0.2, -0.15) is 0 Å². The summed E-state index contributed by atoms with van der Waals surface area (Å²) in [4.78, 5) is 14.6. The molecule has 0 aromatic heterocycles. The summed E-state index contributed by atoms with van der Waals surface area (Å²) >= 11 is 12.1. The molecule has 5 heteroatoms. The van der Waals surface area contributed by atoms with Crippen LogP contribution in [0.3, 0.4) is 0 Å². The van der Waals surface area contributed by atoms with Crippen LogP contribution in [0.15, 0.2) is 42.5 Å². The first kappa shape index (κ1) is 16.2. The van der Waals surface area contributed by atoms with Gasteiger partial charge in [0.1, 0.15) is 5.75 Å². The maximum absolute atomic E-state index is 12.8. The Labute approximate surface area is 145 Å². The second-order valence-electron chi connectivity index (χ2n) is 5.72. The first-order valence-electron chi connectivity index (χ1n) is 7.50. The summed E-state index contributed by atoms with van der Waals surface area (Å²) in [6.07, 6.45) is 0.201. The molecule has 2 atom stereocenters. The van der Waals surface area contributed by atoms with Crippen LogP contribution in [0.4, 0.5) is 5.69 Å². The van der Waals surface area contributed by atoms with Gasteiger partial charge in [0, 0.05) is 22.8 Å². The van der Waals surface area contributed by atoms with Crippen molar-refractivity contribution < 1.29 is 9.53 Å². The van der Waals surface area contributed by atoms with Crippen LogP contribution in [0.25, 0.3) is 0 Å². The van der Waals surface area contributed by atoms with E-state index in [-0.39, 0.29) is 11.9 Å². The summed E-state index contributed by atoms with van der Waals surface area (Å²) in [6.45, 7) is 3.77. The predicted molar refractivity (Wildman–Crippen MR) is 93.6 cm³/mol. The lowest BCUT2D eigenvalue weighted by molar-refractivity contribution is -0.124. The summed E-state index contributed by atoms with van der Waals surface area (Å²) in [5.74, 6) is 0.332. The Balaban J connectivity index is 1.81. The number of hydrogen-bond donors (Lipinski definition) is 0. The van der Waals surface area contributed by atoms with Crippen LogP contribution in [-0.2, 0) is 11.2 Å². The highest BCUT2D eigenvalue weighted by atomic mass is 35.5. The van der Waals surface area contributed by atoms with Gasteiger partial charge >= 0.3 is 0 Å². The average Bonchev–Trinajstić information content (AvgIpc) is 2.86. The zero-order valence-electron chi connectivity index (χ0n) is 12.9. The van der Waals surface area contributed by atoms with Gasteiger partial charge in [-0.05, 0) is 44.0 Å². The summed E-state index contributed by atoms with van der Waals surface area (Å²) in [6, 6.07) is 13.0. The van der Waals surface area contributed by atoms with Gasteiger partial charge in [0.2, 0.25) is 0 Å². The van der Waals surface area contributed by atoms with Gasteiger partial charge in [0.05, 0.1) is 5.02 Å². The lowest BCUT2D eigenvalue weighted by Crippen LogP contribution is -2.43. The number of nitrogens with zero attached hydrogens (tertiary/aromatic N) is 1. The molecule has 2 aromatic carbocycles. The lowest BCUT2D eigenvalue weighted by Gasteiger charge is -2.26. The fourth-order valence-electron chi connectivity index (χ4n) is 2.91. The normalized spacial score (nSPS) is 17.7. The monoisotopic (exact) mass is 349 g/mol. The number of hydrogen-bond acceptors (Lipinski definition) is 2. The van der Waals surface area contributed by atoms with Crippen LogP contribution in [0.5, 0.6) is 5.75 Å². The van der Waals surface area contributed by atoms with E-state index in [9.17, 15) is 4.79 Å². The number of rotatable bonds is 3. The molecule has 1 amide bonds. The largest absolute Gasteiger partial charge is 0.479 e. The Hall–Kier alpha value is -1.71. The Morgan fingerprint density at radius 2 is 2.00 bits per heavy atom. The summed E-state index contributed by atoms with van der Waals surface area (Å²) in [5, 5.41) is 0.952. The molecule has 0 bridgehead atoms. The fourth-order valence-corrected chi connectivity index (χ4v) is 3.23. The minimum absolute atomic E-state index is 0.0847. The summed E-state index contributed by atoms with van der Waals surface area (Å²) in [5.41, 5.74) is 2.14. The van der Waals surface area contributed by atoms with Gasteiger partial charge in [-0.1, -0.05) is 41.4 Å². The number of ether oxygens (including phenoxy) is 1. The maximum Gasteiger partial charge on any atom is 0.268 e. The van der Waals surface area contributed by atoms with E-state index >= 15 is 0 Å². The van der Waals surface area contributed by atoms with Crippen molar-refractivity contribution in [2.24, 2.45) is 0 Å². The van der Waals surface area contributed by atoms with Crippen molar-refractivity contribution in [1.82, 2.24) is 0 Å². The third-order valence-electron chi connectivity index (χ3n) is 3.99. The van der Waals surface area contributed by atoms with E-state index < -0.39 is 6.10 Å². The minimum Gasteiger partial charge on any atom is -0.479 e. The molecule has 0 saturated heterocycles. The van der Waals surface area contributed by atoms with Gasteiger partial charge in [-0.25, -0.2) is 0 Å². The van der Waals surface area contributed by atoms with E-state index in [2.05, 4.69) is 6.07 Å². The molecule has 1 aliphatic rings. The standard InChI is InChI=1S/C18H17Cl2NO2/c1-11-9-13-5-3-4-6-16(13)21(11)18(22)12(2)23-17-10-14(19)7-8-15(17)20/h3-8,10-12H,9H2,1-2H3/t11-,12-/m1/s1. The molecule has 0 aliphatic carbocycles. The van der Waals surface area contributed by atoms with Crippen molar-refractivity contribution in [3.63, 3.8) is 0 Å². The molecule has 0 saturated carbocycles. The van der Waals surface area contributed by atoms with Crippen molar-refractivity contribution in [1.29, 1.82) is 0 Å². The molecular weight excluding hydrogens is 333 g/mol. The van der Waals surface area contributed by atoms with Crippen LogP contribution in [0, 0.1) is 0 Å². The third-order valence-corrected chi connectivity index (χ3v) is 4.54. The van der Waals surface area contributed by atoms with Crippen molar-refractivity contribution in [2.75, 3.05) is 4.90 Å². The number of halogens is 2. The Bertz CT molecular complexity index is 748. The van der Waals surface area contributed by atoms with Crippen molar-refractivity contribution in [2.45, 2.75) is 32.4 Å². The van der Waals surface area contributed by atoms with Crippen molar-refractivity contribution >= 4 is 34.8 Å². The zero-order valence-corrected chi connectivity index (χ0v) is 14.4. The highest BCUT2D eigenvalue weighted by Crippen LogP contribution is 2.33. The molecule has 23 heavy (non-hydrogen) atoms. The SMILES string of the molecule is C[C@@H]1Cc2ccccc2N1C(=O)[C@@H](C)Oc1cc(Cl)ccc1Cl. The highest BCUT2D eigenvalue weighted by Gasteiger charge is 2.34. The van der Waals surface area contributed by atoms with Gasteiger partial charge in [-0.3, -0.25) is 4.79 Å². The van der Waals surface area contributed by atoms with Crippen LogP contribution in [0.1, 0.15) is 19.4 Å². The molecule has 0 N–H and O–H groups in total. The molecule has 1 aliphatic heterocycles. The van der Waals surface area contributed by atoms with Crippen molar-refractivity contribution in [3.8, 4) is 5.75 Å². The molecular formula is C18H17Cl2NO2. The van der Waals surface area contributed by atoms with Gasteiger partial charge in [-0.15, -0.1) is 0 Å². The highest BCUT2D eigenvalue weighted by molar-refractivity contribution is 6.34. The molecule has 2 aromatic rings. The average molecular weight is 350 g/mol. The number of anilines is 1. The molecule has 0 fully saturated rings. The van der Waals surface area contributed by atoms with Gasteiger partial charge in [0.25, 0.3) is 5.91 Å². The third kappa shape index (κ3) is 3.17. The molecule has 0 unspecified atom stereocenters. The number of carbonyl (C=O) groups is 1. The summed E-state index contributed by atoms with van der Waals surface area (Å²) in [7, 11) is 0. The first-order chi connectivity index (χ1) is 11.0. The lowest BCUT2D eigenvalue weighted by atomic mass is 10.1. The minimum atomic E-state index is -0.653. The topological polar surface area (TPSA) is 29.5 Å². The van der Waals surface area contributed by atoms with E-state index in [1.165, 1.54) is 5.56 Å². The Kier molecular flexibility index (Phi) is 4.51. The second-order valence-corrected chi connectivity index (χ2v) is 6.57. The zero-order chi connectivity index (χ0) is 16.6. The van der Waals surface area contributed by atoms with Crippen LogP contribution in [-0.4, -0.2) is 18.1 Å². The van der Waals surface area contributed by atoms with E-state index in [1.807, 2.05) is 25.1 Å². The molecule has 0 radical (unpaired) electrons. The molecule has 0 spiro atoms. The van der Waals surface area contributed by atoms with Crippen LogP contribution < -0.4 is 9.64 Å². The molecule has 120 valence electrons. The number of benzene rings is 2. The quantitative estimate of drug-likeness (QED) is 0.800. The van der Waals surface area contributed by atoms with E-state index in [0.717, 1.165) is 12.1 Å². The van der Waals surface area contributed by atoms with E-state index in [4.69, 9.17) is 27.9 Å². The van der Waals surface area contributed by atoms with Gasteiger partial charge in [0.15, 0.2) is 6.10 Å². The number of para-hydroxylation sites is 1.